The Morgan fingerprint density at radius 1 is 0.913 bits per heavy atom. The quantitative estimate of drug-likeness (QED) is 0.749. The Bertz CT molecular complexity index is 853. The average molecular weight is 344 g/mol. The molecule has 0 aliphatic carbocycles. The molecule has 23 heavy (non-hydrogen) atoms. The number of rotatable bonds is 3. The Hall–Kier alpha value is -2.43. The molecule has 0 saturated carbocycles. The zero-order valence-electron chi connectivity index (χ0n) is 11.8. The minimum absolute atomic E-state index is 0.268. The second-order valence-electron chi connectivity index (χ2n) is 4.74. The summed E-state index contributed by atoms with van der Waals surface area (Å²) in [6.07, 6.45) is 1.34. The van der Waals surface area contributed by atoms with Crippen molar-refractivity contribution in [2.24, 2.45) is 0 Å². The van der Waals surface area contributed by atoms with E-state index in [1.54, 1.807) is 36.4 Å². The van der Waals surface area contributed by atoms with Gasteiger partial charge in [-0.15, -0.1) is 0 Å². The van der Waals surface area contributed by atoms with Crippen LogP contribution in [0.25, 0.3) is 11.3 Å². The van der Waals surface area contributed by atoms with Crippen LogP contribution < -0.4 is 5.32 Å². The number of amides is 1. The van der Waals surface area contributed by atoms with Crippen molar-refractivity contribution in [3.05, 3.63) is 76.7 Å². The van der Waals surface area contributed by atoms with Crippen molar-refractivity contribution in [3.63, 3.8) is 0 Å². The number of halogens is 2. The van der Waals surface area contributed by atoms with Crippen molar-refractivity contribution in [2.45, 2.75) is 0 Å². The van der Waals surface area contributed by atoms with Crippen LogP contribution in [-0.2, 0) is 0 Å². The first-order valence-corrected chi connectivity index (χ1v) is 7.53. The molecule has 114 valence electrons. The predicted octanol–water partition coefficient (Wildman–Crippen LogP) is 4.70. The predicted molar refractivity (Wildman–Crippen MR) is 91.9 cm³/mol. The Kier molecular flexibility index (Phi) is 4.55. The van der Waals surface area contributed by atoms with Gasteiger partial charge in [-0.25, -0.2) is 9.97 Å². The molecule has 0 bridgehead atoms. The van der Waals surface area contributed by atoms with Gasteiger partial charge in [0.05, 0.1) is 15.7 Å². The summed E-state index contributed by atoms with van der Waals surface area (Å²) >= 11 is 11.9. The lowest BCUT2D eigenvalue weighted by atomic mass is 10.1. The fourth-order valence-electron chi connectivity index (χ4n) is 2.01. The van der Waals surface area contributed by atoms with Gasteiger partial charge in [0, 0.05) is 11.3 Å². The Labute approximate surface area is 143 Å². The summed E-state index contributed by atoms with van der Waals surface area (Å²) in [5.41, 5.74) is 2.32. The van der Waals surface area contributed by atoms with Crippen LogP contribution in [0.2, 0.25) is 10.0 Å². The van der Waals surface area contributed by atoms with E-state index in [0.717, 1.165) is 5.56 Å². The van der Waals surface area contributed by atoms with Crippen LogP contribution in [0.5, 0.6) is 0 Å². The number of para-hydroxylation sites is 1. The van der Waals surface area contributed by atoms with Gasteiger partial charge in [-0.3, -0.25) is 4.79 Å². The molecule has 6 heteroatoms. The first kappa shape index (κ1) is 15.5. The third kappa shape index (κ3) is 3.67. The van der Waals surface area contributed by atoms with Crippen LogP contribution >= 0.6 is 23.2 Å². The summed E-state index contributed by atoms with van der Waals surface area (Å²) in [4.78, 5) is 20.5. The molecule has 0 unspecified atom stereocenters. The van der Waals surface area contributed by atoms with Crippen LogP contribution in [0.4, 0.5) is 5.69 Å². The summed E-state index contributed by atoms with van der Waals surface area (Å²) in [6.45, 7) is 0. The van der Waals surface area contributed by atoms with Gasteiger partial charge >= 0.3 is 0 Å². The molecule has 0 fully saturated rings. The third-order valence-corrected chi connectivity index (χ3v) is 3.89. The van der Waals surface area contributed by atoms with E-state index in [4.69, 9.17) is 23.2 Å². The molecule has 1 aromatic heterocycles. The highest BCUT2D eigenvalue weighted by molar-refractivity contribution is 6.42. The fraction of sp³-hybridized carbons (Fsp3) is 0. The molecule has 0 aliphatic rings. The van der Waals surface area contributed by atoms with Gasteiger partial charge < -0.3 is 5.32 Å². The molecule has 2 aromatic carbocycles. The highest BCUT2D eigenvalue weighted by Crippen LogP contribution is 2.27. The third-order valence-electron chi connectivity index (χ3n) is 3.15. The Balaban J connectivity index is 1.87. The van der Waals surface area contributed by atoms with E-state index in [0.29, 0.717) is 21.4 Å². The van der Waals surface area contributed by atoms with E-state index in [9.17, 15) is 4.79 Å². The van der Waals surface area contributed by atoms with E-state index >= 15 is 0 Å². The van der Waals surface area contributed by atoms with Crippen LogP contribution in [0, 0.1) is 0 Å². The average Bonchev–Trinajstić information content (AvgIpc) is 2.58. The molecule has 0 aliphatic heterocycles. The maximum atomic E-state index is 12.3. The maximum absolute atomic E-state index is 12.3. The molecule has 0 saturated heterocycles. The maximum Gasteiger partial charge on any atom is 0.274 e. The molecular weight excluding hydrogens is 333 g/mol. The molecule has 0 spiro atoms. The number of anilines is 1. The molecular formula is C17H11Cl2N3O. The number of aromatic nitrogens is 2. The normalized spacial score (nSPS) is 10.3. The van der Waals surface area contributed by atoms with E-state index < -0.39 is 0 Å². The van der Waals surface area contributed by atoms with Crippen molar-refractivity contribution in [2.75, 3.05) is 5.32 Å². The van der Waals surface area contributed by atoms with Crippen LogP contribution in [0.3, 0.4) is 0 Å². The summed E-state index contributed by atoms with van der Waals surface area (Å²) in [7, 11) is 0. The SMILES string of the molecule is O=C(Nc1ccccc1)c1cc(-c2ccc(Cl)c(Cl)c2)ncn1. The number of benzene rings is 2. The van der Waals surface area contributed by atoms with Crippen molar-refractivity contribution in [1.29, 1.82) is 0 Å². The molecule has 0 radical (unpaired) electrons. The monoisotopic (exact) mass is 343 g/mol. The second-order valence-corrected chi connectivity index (χ2v) is 5.55. The smallest absolute Gasteiger partial charge is 0.274 e. The standard InChI is InChI=1S/C17H11Cl2N3O/c18-13-7-6-11(8-14(13)19)15-9-16(21-10-20-15)17(23)22-12-4-2-1-3-5-12/h1-10H,(H,22,23). The molecule has 3 rings (SSSR count). The minimum atomic E-state index is -0.306. The van der Waals surface area contributed by atoms with Gasteiger partial charge in [-0.2, -0.15) is 0 Å². The summed E-state index contributed by atoms with van der Waals surface area (Å²) in [5.74, 6) is -0.306. The van der Waals surface area contributed by atoms with Gasteiger partial charge in [0.25, 0.3) is 5.91 Å². The number of nitrogens with one attached hydrogen (secondary N) is 1. The molecule has 1 N–H and O–H groups in total. The van der Waals surface area contributed by atoms with Crippen molar-refractivity contribution >= 4 is 34.8 Å². The van der Waals surface area contributed by atoms with Gasteiger partial charge in [0.2, 0.25) is 0 Å². The largest absolute Gasteiger partial charge is 0.321 e. The second kappa shape index (κ2) is 6.77. The zero-order chi connectivity index (χ0) is 16.2. The summed E-state index contributed by atoms with van der Waals surface area (Å²) in [5, 5.41) is 3.67. The zero-order valence-corrected chi connectivity index (χ0v) is 13.3. The van der Waals surface area contributed by atoms with Crippen molar-refractivity contribution in [3.8, 4) is 11.3 Å². The first-order chi connectivity index (χ1) is 11.1. The van der Waals surface area contributed by atoms with E-state index in [-0.39, 0.29) is 11.6 Å². The molecule has 0 atom stereocenters. The number of hydrogen-bond donors (Lipinski definition) is 1. The van der Waals surface area contributed by atoms with E-state index in [2.05, 4.69) is 15.3 Å². The fourth-order valence-corrected chi connectivity index (χ4v) is 2.31. The van der Waals surface area contributed by atoms with Crippen LogP contribution in [-0.4, -0.2) is 15.9 Å². The molecule has 3 aromatic rings. The number of nitrogens with zero attached hydrogens (tertiary/aromatic N) is 2. The van der Waals surface area contributed by atoms with Gasteiger partial charge in [0.1, 0.15) is 12.0 Å². The topological polar surface area (TPSA) is 54.9 Å². The van der Waals surface area contributed by atoms with Crippen molar-refractivity contribution < 1.29 is 4.79 Å². The first-order valence-electron chi connectivity index (χ1n) is 6.77. The lowest BCUT2D eigenvalue weighted by Crippen LogP contribution is -2.13. The highest BCUT2D eigenvalue weighted by Gasteiger charge is 2.11. The molecule has 1 amide bonds. The molecule has 1 heterocycles. The number of carbonyl (C=O) groups is 1. The van der Waals surface area contributed by atoms with Crippen LogP contribution in [0.1, 0.15) is 10.5 Å². The van der Waals surface area contributed by atoms with Gasteiger partial charge in [-0.05, 0) is 30.3 Å². The van der Waals surface area contributed by atoms with Crippen molar-refractivity contribution in [1.82, 2.24) is 9.97 Å². The minimum Gasteiger partial charge on any atom is -0.321 e. The Morgan fingerprint density at radius 2 is 1.70 bits per heavy atom. The lowest BCUT2D eigenvalue weighted by Gasteiger charge is -2.06. The lowest BCUT2D eigenvalue weighted by molar-refractivity contribution is 0.102. The van der Waals surface area contributed by atoms with Gasteiger partial charge in [-0.1, -0.05) is 47.5 Å². The summed E-state index contributed by atoms with van der Waals surface area (Å²) in [6, 6.07) is 16.0. The Morgan fingerprint density at radius 3 is 2.43 bits per heavy atom. The number of hydrogen-bond acceptors (Lipinski definition) is 3. The van der Waals surface area contributed by atoms with Gasteiger partial charge in [0.15, 0.2) is 0 Å². The number of carbonyl (C=O) groups excluding carboxylic acids is 1. The van der Waals surface area contributed by atoms with E-state index in [1.807, 2.05) is 18.2 Å². The molecule has 4 nitrogen and oxygen atoms in total. The summed E-state index contributed by atoms with van der Waals surface area (Å²) < 4.78 is 0. The van der Waals surface area contributed by atoms with Crippen LogP contribution in [0.15, 0.2) is 60.9 Å². The highest BCUT2D eigenvalue weighted by atomic mass is 35.5. The van der Waals surface area contributed by atoms with E-state index in [1.165, 1.54) is 6.33 Å².